The maximum absolute atomic E-state index is 12.1. The second-order valence-electron chi connectivity index (χ2n) is 4.67. The number of hydrogen-bond acceptors (Lipinski definition) is 4. The molecule has 2 rings (SSSR count). The number of carboxylic acid groups (broad SMARTS) is 1. The number of halogens is 1. The zero-order valence-electron chi connectivity index (χ0n) is 10.7. The van der Waals surface area contributed by atoms with E-state index in [9.17, 15) is 14.4 Å². The van der Waals surface area contributed by atoms with Crippen LogP contribution in [0.25, 0.3) is 0 Å². The number of aliphatic carboxylic acids is 1. The molecule has 0 aromatic carbocycles. The highest BCUT2D eigenvalue weighted by Crippen LogP contribution is 2.17. The third-order valence-corrected chi connectivity index (χ3v) is 4.10. The number of carbonyl (C=O) groups is 2. The lowest BCUT2D eigenvalue weighted by atomic mass is 9.97. The number of aromatic nitrogens is 2. The number of likely N-dealkylation sites (tertiary alicyclic amines) is 1. The molecule has 1 aromatic rings. The molecule has 0 unspecified atom stereocenters. The molecule has 0 aliphatic carbocycles. The van der Waals surface area contributed by atoms with Gasteiger partial charge in [-0.3, -0.25) is 19.0 Å². The zero-order chi connectivity index (χ0) is 14.7. The summed E-state index contributed by atoms with van der Waals surface area (Å²) in [5.41, 5.74) is -0.241. The first-order chi connectivity index (χ1) is 9.49. The lowest BCUT2D eigenvalue weighted by Crippen LogP contribution is -2.43. The third-order valence-electron chi connectivity index (χ3n) is 3.36. The standard InChI is InChI=1S/C12H14IN3O4/c13-9-5-14-7-16(11(9)18)6-10(17)15-3-1-8(2-4-15)12(19)20/h5,7-8H,1-4,6H2,(H,19,20). The van der Waals surface area contributed by atoms with E-state index in [1.54, 1.807) is 4.90 Å². The summed E-state index contributed by atoms with van der Waals surface area (Å²) in [5, 5.41) is 8.91. The molecule has 2 heterocycles. The second-order valence-corrected chi connectivity index (χ2v) is 5.83. The average molecular weight is 391 g/mol. The predicted octanol–water partition coefficient (Wildman–Crippen LogP) is 0.171. The second kappa shape index (κ2) is 6.33. The van der Waals surface area contributed by atoms with Gasteiger partial charge in [0.15, 0.2) is 0 Å². The highest BCUT2D eigenvalue weighted by atomic mass is 127. The van der Waals surface area contributed by atoms with Crippen LogP contribution in [0.1, 0.15) is 12.8 Å². The van der Waals surface area contributed by atoms with Crippen molar-refractivity contribution in [1.82, 2.24) is 14.5 Å². The van der Waals surface area contributed by atoms with Gasteiger partial charge in [-0.2, -0.15) is 0 Å². The summed E-state index contributed by atoms with van der Waals surface area (Å²) < 4.78 is 1.73. The first-order valence-electron chi connectivity index (χ1n) is 6.19. The fraction of sp³-hybridized carbons (Fsp3) is 0.500. The molecule has 7 nitrogen and oxygen atoms in total. The fourth-order valence-corrected chi connectivity index (χ4v) is 2.63. The van der Waals surface area contributed by atoms with Crippen molar-refractivity contribution in [2.75, 3.05) is 13.1 Å². The number of piperidine rings is 1. The lowest BCUT2D eigenvalue weighted by Gasteiger charge is -2.30. The van der Waals surface area contributed by atoms with Gasteiger partial charge >= 0.3 is 5.97 Å². The Hall–Kier alpha value is -1.45. The van der Waals surface area contributed by atoms with Gasteiger partial charge in [-0.25, -0.2) is 4.98 Å². The molecule has 108 valence electrons. The largest absolute Gasteiger partial charge is 0.481 e. The molecule has 1 aromatic heterocycles. The van der Waals surface area contributed by atoms with Crippen LogP contribution in [0.3, 0.4) is 0 Å². The fourth-order valence-electron chi connectivity index (χ4n) is 2.16. The molecule has 1 N–H and O–H groups in total. The SMILES string of the molecule is O=C(O)C1CCN(C(=O)Cn2cncc(I)c2=O)CC1. The highest BCUT2D eigenvalue weighted by molar-refractivity contribution is 14.1. The number of nitrogens with zero attached hydrogens (tertiary/aromatic N) is 3. The minimum atomic E-state index is -0.810. The van der Waals surface area contributed by atoms with E-state index in [2.05, 4.69) is 4.98 Å². The van der Waals surface area contributed by atoms with Gasteiger partial charge in [-0.1, -0.05) is 0 Å². The molecule has 1 aliphatic heterocycles. The summed E-state index contributed by atoms with van der Waals surface area (Å²) in [7, 11) is 0. The van der Waals surface area contributed by atoms with E-state index in [0.717, 1.165) is 0 Å². The minimum absolute atomic E-state index is 0.0551. The smallest absolute Gasteiger partial charge is 0.306 e. The summed E-state index contributed by atoms with van der Waals surface area (Å²) in [5.74, 6) is -1.36. The molecule has 1 amide bonds. The van der Waals surface area contributed by atoms with Crippen LogP contribution in [0.15, 0.2) is 17.3 Å². The van der Waals surface area contributed by atoms with E-state index < -0.39 is 5.97 Å². The summed E-state index contributed by atoms with van der Waals surface area (Å²) in [6, 6.07) is 0. The van der Waals surface area contributed by atoms with Gasteiger partial charge in [0.05, 0.1) is 15.8 Å². The molecule has 0 atom stereocenters. The van der Waals surface area contributed by atoms with Gasteiger partial charge in [0.25, 0.3) is 5.56 Å². The van der Waals surface area contributed by atoms with Crippen molar-refractivity contribution in [2.24, 2.45) is 5.92 Å². The van der Waals surface area contributed by atoms with Gasteiger partial charge in [-0.15, -0.1) is 0 Å². The molecule has 1 saturated heterocycles. The maximum Gasteiger partial charge on any atom is 0.306 e. The summed E-state index contributed by atoms with van der Waals surface area (Å²) >= 11 is 1.88. The van der Waals surface area contributed by atoms with Crippen molar-refractivity contribution in [2.45, 2.75) is 19.4 Å². The Labute approximate surface area is 128 Å². The number of rotatable bonds is 3. The van der Waals surface area contributed by atoms with Crippen LogP contribution >= 0.6 is 22.6 Å². The number of hydrogen-bond donors (Lipinski definition) is 1. The van der Waals surface area contributed by atoms with E-state index in [-0.39, 0.29) is 23.9 Å². The normalized spacial score (nSPS) is 16.1. The summed E-state index contributed by atoms with van der Waals surface area (Å²) in [6.45, 7) is 0.782. The minimum Gasteiger partial charge on any atom is -0.481 e. The number of carboxylic acids is 1. The number of amides is 1. The van der Waals surface area contributed by atoms with Crippen molar-refractivity contribution in [3.63, 3.8) is 0 Å². The quantitative estimate of drug-likeness (QED) is 0.742. The molecular weight excluding hydrogens is 377 g/mol. The lowest BCUT2D eigenvalue weighted by molar-refractivity contribution is -0.145. The first kappa shape index (κ1) is 14.9. The Morgan fingerprint density at radius 3 is 2.65 bits per heavy atom. The van der Waals surface area contributed by atoms with Gasteiger partial charge in [0, 0.05) is 19.3 Å². The molecule has 1 fully saturated rings. The van der Waals surface area contributed by atoms with Gasteiger partial charge in [-0.05, 0) is 35.4 Å². The van der Waals surface area contributed by atoms with Crippen molar-refractivity contribution in [3.05, 3.63) is 26.4 Å². The Bertz CT molecular complexity index is 578. The molecule has 1 aliphatic rings. The van der Waals surface area contributed by atoms with Gasteiger partial charge in [0.1, 0.15) is 6.54 Å². The predicted molar refractivity (Wildman–Crippen MR) is 78.2 cm³/mol. The van der Waals surface area contributed by atoms with E-state index in [4.69, 9.17) is 5.11 Å². The monoisotopic (exact) mass is 391 g/mol. The van der Waals surface area contributed by atoms with Crippen LogP contribution in [0, 0.1) is 9.49 Å². The Morgan fingerprint density at radius 1 is 1.40 bits per heavy atom. The molecule has 0 spiro atoms. The van der Waals surface area contributed by atoms with Crippen LogP contribution in [0.5, 0.6) is 0 Å². The molecule has 0 radical (unpaired) electrons. The van der Waals surface area contributed by atoms with Crippen LogP contribution in [0.2, 0.25) is 0 Å². The van der Waals surface area contributed by atoms with Crippen LogP contribution in [-0.4, -0.2) is 44.5 Å². The summed E-state index contributed by atoms with van der Waals surface area (Å²) in [6.07, 6.45) is 3.70. The van der Waals surface area contributed by atoms with Gasteiger partial charge < -0.3 is 10.0 Å². The highest BCUT2D eigenvalue weighted by Gasteiger charge is 2.27. The Morgan fingerprint density at radius 2 is 2.05 bits per heavy atom. The molecule has 8 heteroatoms. The topological polar surface area (TPSA) is 92.5 Å². The van der Waals surface area contributed by atoms with E-state index in [1.807, 2.05) is 22.6 Å². The van der Waals surface area contributed by atoms with Crippen molar-refractivity contribution >= 4 is 34.5 Å². The molecule has 0 bridgehead atoms. The molecular formula is C12H14IN3O4. The van der Waals surface area contributed by atoms with Crippen LogP contribution < -0.4 is 5.56 Å². The molecule has 0 saturated carbocycles. The van der Waals surface area contributed by atoms with E-state index in [0.29, 0.717) is 29.5 Å². The van der Waals surface area contributed by atoms with Crippen molar-refractivity contribution in [1.29, 1.82) is 0 Å². The van der Waals surface area contributed by atoms with Gasteiger partial charge in [0.2, 0.25) is 5.91 Å². The first-order valence-corrected chi connectivity index (χ1v) is 7.27. The number of carbonyl (C=O) groups excluding carboxylic acids is 1. The Balaban J connectivity index is 1.98. The zero-order valence-corrected chi connectivity index (χ0v) is 12.8. The third kappa shape index (κ3) is 3.35. The Kier molecular flexibility index (Phi) is 4.73. The average Bonchev–Trinajstić information content (AvgIpc) is 2.44. The molecule has 20 heavy (non-hydrogen) atoms. The van der Waals surface area contributed by atoms with E-state index in [1.165, 1.54) is 17.1 Å². The van der Waals surface area contributed by atoms with E-state index >= 15 is 0 Å². The van der Waals surface area contributed by atoms with Crippen LogP contribution in [0.4, 0.5) is 0 Å². The van der Waals surface area contributed by atoms with Crippen molar-refractivity contribution < 1.29 is 14.7 Å². The van der Waals surface area contributed by atoms with Crippen LogP contribution in [-0.2, 0) is 16.1 Å². The maximum atomic E-state index is 12.1. The van der Waals surface area contributed by atoms with Crippen molar-refractivity contribution in [3.8, 4) is 0 Å². The summed E-state index contributed by atoms with van der Waals surface area (Å²) in [4.78, 5) is 40.2.